The van der Waals surface area contributed by atoms with Crippen molar-refractivity contribution in [2.75, 3.05) is 0 Å². The Hall–Kier alpha value is -8.41. The Labute approximate surface area is 361 Å². The molecule has 0 N–H and O–H groups in total. The molecule has 12 aromatic rings. The van der Waals surface area contributed by atoms with Gasteiger partial charge in [0.25, 0.3) is 0 Å². The van der Waals surface area contributed by atoms with E-state index in [0.29, 0.717) is 17.5 Å². The van der Waals surface area contributed by atoms with Crippen LogP contribution in [-0.4, -0.2) is 15.0 Å². The maximum Gasteiger partial charge on any atom is 0.164 e. The number of nitrogens with zero attached hydrogens (tertiary/aromatic N) is 3. The molecule has 0 fully saturated rings. The molecule has 0 saturated carbocycles. The Kier molecular flexibility index (Phi) is 6.97. The second-order valence-corrected chi connectivity index (χ2v) is 16.6. The van der Waals surface area contributed by atoms with E-state index in [1.54, 1.807) is 0 Å². The van der Waals surface area contributed by atoms with Gasteiger partial charge in [-0.15, -0.1) is 0 Å². The molecule has 2 aliphatic carbocycles. The number of hydrogen-bond acceptors (Lipinski definition) is 5. The lowest BCUT2D eigenvalue weighted by molar-refractivity contribution is 0.666. The van der Waals surface area contributed by atoms with Crippen molar-refractivity contribution in [3.8, 4) is 67.5 Å². The van der Waals surface area contributed by atoms with E-state index in [1.165, 1.54) is 44.5 Å². The van der Waals surface area contributed by atoms with Crippen molar-refractivity contribution in [2.24, 2.45) is 0 Å². The van der Waals surface area contributed by atoms with Crippen molar-refractivity contribution >= 4 is 43.9 Å². The average Bonchev–Trinajstić information content (AvgIpc) is 4.08. The molecule has 63 heavy (non-hydrogen) atoms. The molecule has 0 amide bonds. The van der Waals surface area contributed by atoms with Crippen molar-refractivity contribution in [1.29, 1.82) is 0 Å². The van der Waals surface area contributed by atoms with Crippen molar-refractivity contribution in [3.05, 3.63) is 222 Å². The summed E-state index contributed by atoms with van der Waals surface area (Å²) in [4.78, 5) is 15.6. The van der Waals surface area contributed by atoms with E-state index in [1.807, 2.05) is 36.4 Å². The topological polar surface area (TPSA) is 65.0 Å². The number of fused-ring (bicyclic) bond motifs is 17. The van der Waals surface area contributed by atoms with Crippen molar-refractivity contribution < 1.29 is 8.83 Å². The fourth-order valence-corrected chi connectivity index (χ4v) is 10.7. The Morgan fingerprint density at radius 2 is 0.873 bits per heavy atom. The number of para-hydroxylation sites is 1. The second-order valence-electron chi connectivity index (χ2n) is 16.6. The zero-order valence-corrected chi connectivity index (χ0v) is 33.7. The van der Waals surface area contributed by atoms with E-state index in [0.717, 1.165) is 71.7 Å². The van der Waals surface area contributed by atoms with Gasteiger partial charge in [-0.3, -0.25) is 0 Å². The molecule has 0 saturated heterocycles. The van der Waals surface area contributed by atoms with Crippen LogP contribution in [0.5, 0.6) is 0 Å². The Morgan fingerprint density at radius 1 is 0.302 bits per heavy atom. The summed E-state index contributed by atoms with van der Waals surface area (Å²) in [5, 5.41) is 4.32. The third kappa shape index (κ3) is 4.73. The number of benzene rings is 9. The highest BCUT2D eigenvalue weighted by molar-refractivity contribution is 6.16. The van der Waals surface area contributed by atoms with Gasteiger partial charge in [0.15, 0.2) is 17.5 Å². The molecule has 3 heterocycles. The van der Waals surface area contributed by atoms with Crippen LogP contribution in [-0.2, 0) is 5.41 Å². The van der Waals surface area contributed by atoms with E-state index in [2.05, 4.69) is 164 Å². The summed E-state index contributed by atoms with van der Waals surface area (Å²) in [6, 6.07) is 70.5. The monoisotopic (exact) mass is 803 g/mol. The number of rotatable bonds is 4. The minimum atomic E-state index is -0.640. The lowest BCUT2D eigenvalue weighted by atomic mass is 9.69. The predicted octanol–water partition coefficient (Wildman–Crippen LogP) is 14.7. The van der Waals surface area contributed by atoms with Crippen LogP contribution in [0.3, 0.4) is 0 Å². The summed E-state index contributed by atoms with van der Waals surface area (Å²) in [7, 11) is 0. The van der Waals surface area contributed by atoms with Crippen molar-refractivity contribution in [2.45, 2.75) is 5.41 Å². The van der Waals surface area contributed by atoms with Gasteiger partial charge in [-0.2, -0.15) is 0 Å². The van der Waals surface area contributed by atoms with Gasteiger partial charge in [-0.25, -0.2) is 15.0 Å². The zero-order chi connectivity index (χ0) is 41.2. The molecule has 0 bridgehead atoms. The minimum absolute atomic E-state index is 0.590. The Balaban J connectivity index is 1.06. The third-order valence-corrected chi connectivity index (χ3v) is 13.4. The van der Waals surface area contributed by atoms with Gasteiger partial charge >= 0.3 is 0 Å². The lowest BCUT2D eigenvalue weighted by Gasteiger charge is -2.31. The third-order valence-electron chi connectivity index (χ3n) is 13.4. The average molecular weight is 804 g/mol. The minimum Gasteiger partial charge on any atom is -0.456 e. The van der Waals surface area contributed by atoms with E-state index in [-0.39, 0.29) is 0 Å². The molecule has 14 rings (SSSR count). The molecule has 5 nitrogen and oxygen atoms in total. The molecule has 0 atom stereocenters. The first-order valence-corrected chi connectivity index (χ1v) is 21.3. The van der Waals surface area contributed by atoms with Crippen LogP contribution < -0.4 is 0 Å². The summed E-state index contributed by atoms with van der Waals surface area (Å²) >= 11 is 0. The molecule has 2 aliphatic rings. The van der Waals surface area contributed by atoms with Gasteiger partial charge in [0.2, 0.25) is 0 Å². The van der Waals surface area contributed by atoms with Crippen molar-refractivity contribution in [1.82, 2.24) is 15.0 Å². The van der Waals surface area contributed by atoms with Crippen LogP contribution in [0.15, 0.2) is 209 Å². The van der Waals surface area contributed by atoms with Crippen LogP contribution in [0.2, 0.25) is 0 Å². The largest absolute Gasteiger partial charge is 0.456 e. The second kappa shape index (κ2) is 12.8. The van der Waals surface area contributed by atoms with E-state index >= 15 is 0 Å². The number of furan rings is 2. The van der Waals surface area contributed by atoms with Crippen LogP contribution >= 0.6 is 0 Å². The van der Waals surface area contributed by atoms with Crippen LogP contribution in [0, 0.1) is 0 Å². The maximum absolute atomic E-state index is 6.85. The number of hydrogen-bond donors (Lipinski definition) is 0. The van der Waals surface area contributed by atoms with Gasteiger partial charge < -0.3 is 8.83 Å². The fraction of sp³-hybridized carbons (Fsp3) is 0.0172. The molecule has 0 radical (unpaired) electrons. The highest BCUT2D eigenvalue weighted by atomic mass is 16.3. The molecule has 292 valence electrons. The predicted molar refractivity (Wildman–Crippen MR) is 252 cm³/mol. The normalized spacial score (nSPS) is 13.2. The molecular weight excluding hydrogens is 771 g/mol. The van der Waals surface area contributed by atoms with Crippen LogP contribution in [0.25, 0.3) is 111 Å². The van der Waals surface area contributed by atoms with Gasteiger partial charge in [0.1, 0.15) is 22.3 Å². The SMILES string of the molecule is c1ccc(-c2nc(-c3ccc4oc5ccc6c(c5c4c3)C3(c4ccccc4-c4ccccc43)c3cc4oc5ccccc5c4cc3-6)nc(-c3ccccc3-c3ccccc3)n2)cc1. The van der Waals surface area contributed by atoms with Crippen LogP contribution in [0.4, 0.5) is 0 Å². The summed E-state index contributed by atoms with van der Waals surface area (Å²) in [5.41, 5.74) is 17.5. The summed E-state index contributed by atoms with van der Waals surface area (Å²) < 4.78 is 13.5. The molecule has 0 aliphatic heterocycles. The van der Waals surface area contributed by atoms with Gasteiger partial charge in [-0.1, -0.05) is 158 Å². The lowest BCUT2D eigenvalue weighted by Crippen LogP contribution is -2.26. The Bertz CT molecular complexity index is 3820. The molecule has 0 unspecified atom stereocenters. The fourth-order valence-electron chi connectivity index (χ4n) is 10.7. The molecule has 9 aromatic carbocycles. The van der Waals surface area contributed by atoms with Gasteiger partial charge in [0, 0.05) is 38.2 Å². The quantitative estimate of drug-likeness (QED) is 0.177. The van der Waals surface area contributed by atoms with Crippen LogP contribution in [0.1, 0.15) is 22.3 Å². The highest BCUT2D eigenvalue weighted by Gasteiger charge is 2.53. The number of aromatic nitrogens is 3. The summed E-state index contributed by atoms with van der Waals surface area (Å²) in [5.74, 6) is 1.82. The van der Waals surface area contributed by atoms with Gasteiger partial charge in [-0.05, 0) is 98.1 Å². The smallest absolute Gasteiger partial charge is 0.164 e. The summed E-state index contributed by atoms with van der Waals surface area (Å²) in [6.45, 7) is 0. The first-order chi connectivity index (χ1) is 31.2. The molecular formula is C58H33N3O2. The summed E-state index contributed by atoms with van der Waals surface area (Å²) in [6.07, 6.45) is 0. The highest BCUT2D eigenvalue weighted by Crippen LogP contribution is 2.65. The standard InChI is InChI=1S/C58H33N3O2/c1-3-15-34(16-4-1)37-19-7-8-23-42(37)57-60-55(35-17-5-2-6-18-35)59-56(61-57)36-27-29-50-45(31-36)53-51(62-50)30-28-41-43-32-44-40-22-11-14-26-49(40)63-52(44)33-48(43)58(54(41)53)46-24-12-9-20-38(46)39-21-10-13-25-47(39)58/h1-33H. The van der Waals surface area contributed by atoms with E-state index in [9.17, 15) is 0 Å². The van der Waals surface area contributed by atoms with Gasteiger partial charge in [0.05, 0.1) is 5.41 Å². The van der Waals surface area contributed by atoms with E-state index in [4.69, 9.17) is 23.8 Å². The molecule has 1 spiro atoms. The first-order valence-electron chi connectivity index (χ1n) is 21.3. The Morgan fingerprint density at radius 3 is 1.63 bits per heavy atom. The zero-order valence-electron chi connectivity index (χ0n) is 33.7. The maximum atomic E-state index is 6.85. The molecule has 3 aromatic heterocycles. The van der Waals surface area contributed by atoms with E-state index < -0.39 is 5.41 Å². The molecule has 5 heteroatoms. The first kappa shape index (κ1) is 34.3. The van der Waals surface area contributed by atoms with Crippen molar-refractivity contribution in [3.63, 3.8) is 0 Å².